The monoisotopic (exact) mass is 282 g/mol. The van der Waals surface area contributed by atoms with Crippen LogP contribution >= 0.6 is 0 Å². The molecule has 2 heterocycles. The number of fused-ring (bicyclic) bond motifs is 2. The highest BCUT2D eigenvalue weighted by molar-refractivity contribution is 5.32. The van der Waals surface area contributed by atoms with Crippen molar-refractivity contribution in [3.05, 3.63) is 0 Å². The van der Waals surface area contributed by atoms with Crippen LogP contribution in [0, 0.1) is 5.41 Å². The first-order chi connectivity index (χ1) is 9.50. The molecule has 20 heavy (non-hydrogen) atoms. The molecule has 2 aliphatic carbocycles. The second kappa shape index (κ2) is 4.70. The first kappa shape index (κ1) is 14.3. The van der Waals surface area contributed by atoms with Gasteiger partial charge in [-0.05, 0) is 31.1 Å². The molecule has 1 N–H and O–H groups in total. The normalized spacial score (nSPS) is 47.1. The average Bonchev–Trinajstić information content (AvgIpc) is 3.25. The molecule has 0 aromatic rings. The van der Waals surface area contributed by atoms with Crippen LogP contribution < -0.4 is 0 Å². The smallest absolute Gasteiger partial charge is 0.290 e. The van der Waals surface area contributed by atoms with E-state index in [0.717, 1.165) is 0 Å². The van der Waals surface area contributed by atoms with Crippen molar-refractivity contribution < 1.29 is 19.4 Å². The molecule has 4 fully saturated rings. The number of hydrogen-bond acceptors (Lipinski definition) is 3. The molecule has 2 saturated heterocycles. The van der Waals surface area contributed by atoms with Gasteiger partial charge in [0.05, 0.1) is 17.8 Å². The van der Waals surface area contributed by atoms with Gasteiger partial charge < -0.3 is 14.6 Å². The Balaban J connectivity index is 0.000000373. The van der Waals surface area contributed by atoms with Gasteiger partial charge in [-0.25, -0.2) is 0 Å². The quantitative estimate of drug-likeness (QED) is 0.624. The lowest BCUT2D eigenvalue weighted by Gasteiger charge is -2.37. The highest BCUT2D eigenvalue weighted by atomic mass is 16.6. The third kappa shape index (κ3) is 2.08. The minimum atomic E-state index is -0.250. The van der Waals surface area contributed by atoms with Crippen LogP contribution in [0.4, 0.5) is 0 Å². The van der Waals surface area contributed by atoms with Crippen LogP contribution in [0.5, 0.6) is 0 Å². The summed E-state index contributed by atoms with van der Waals surface area (Å²) in [5, 5.41) is 6.89. The van der Waals surface area contributed by atoms with Gasteiger partial charge in [-0.15, -0.1) is 0 Å². The molecule has 0 aromatic heterocycles. The summed E-state index contributed by atoms with van der Waals surface area (Å²) in [5.74, 6) is 0. The molecule has 0 aromatic carbocycles. The van der Waals surface area contributed by atoms with E-state index in [1.54, 1.807) is 0 Å². The number of carbonyl (C=O) groups is 1. The second-order valence-electron chi connectivity index (χ2n) is 7.47. The van der Waals surface area contributed by atoms with Crippen molar-refractivity contribution in [1.29, 1.82) is 0 Å². The van der Waals surface area contributed by atoms with Crippen molar-refractivity contribution in [2.24, 2.45) is 5.41 Å². The van der Waals surface area contributed by atoms with E-state index >= 15 is 0 Å². The third-order valence-corrected chi connectivity index (χ3v) is 6.01. The lowest BCUT2D eigenvalue weighted by atomic mass is 9.64. The van der Waals surface area contributed by atoms with Crippen molar-refractivity contribution >= 4 is 6.47 Å². The Morgan fingerprint density at radius 2 is 1.80 bits per heavy atom. The fourth-order valence-electron chi connectivity index (χ4n) is 4.68. The van der Waals surface area contributed by atoms with Gasteiger partial charge in [-0.3, -0.25) is 4.79 Å². The summed E-state index contributed by atoms with van der Waals surface area (Å²) in [6, 6.07) is 0. The van der Waals surface area contributed by atoms with Gasteiger partial charge in [-0.2, -0.15) is 0 Å². The van der Waals surface area contributed by atoms with E-state index in [-0.39, 0.29) is 17.7 Å². The van der Waals surface area contributed by atoms with Gasteiger partial charge in [0.1, 0.15) is 5.60 Å². The molecular formula is C16H26O4. The Hall–Kier alpha value is -0.610. The molecule has 0 radical (unpaired) electrons. The summed E-state index contributed by atoms with van der Waals surface area (Å²) in [7, 11) is 0. The zero-order chi connectivity index (χ0) is 14.4. The van der Waals surface area contributed by atoms with Crippen LogP contribution in [0.25, 0.3) is 0 Å². The molecule has 4 aliphatic rings. The minimum absolute atomic E-state index is 0.178. The second-order valence-corrected chi connectivity index (χ2v) is 7.47. The Kier molecular flexibility index (Phi) is 3.37. The van der Waals surface area contributed by atoms with Crippen LogP contribution in [0.2, 0.25) is 0 Å². The lowest BCUT2D eigenvalue weighted by molar-refractivity contribution is -0.122. The first-order valence-electron chi connectivity index (χ1n) is 7.93. The average molecular weight is 282 g/mol. The first-order valence-corrected chi connectivity index (χ1v) is 7.93. The number of carboxylic acid groups (broad SMARTS) is 1. The summed E-state index contributed by atoms with van der Waals surface area (Å²) in [6.07, 6.45) is 11.6. The third-order valence-electron chi connectivity index (χ3n) is 6.01. The summed E-state index contributed by atoms with van der Waals surface area (Å²) in [5.41, 5.74) is 0.775. The van der Waals surface area contributed by atoms with Gasteiger partial charge in [0.25, 0.3) is 6.47 Å². The molecule has 0 spiro atoms. The van der Waals surface area contributed by atoms with E-state index in [2.05, 4.69) is 13.8 Å². The zero-order valence-electron chi connectivity index (χ0n) is 12.6. The fraction of sp³-hybridized carbons (Fsp3) is 0.938. The minimum Gasteiger partial charge on any atom is -0.483 e. The molecule has 4 heteroatoms. The molecule has 2 saturated carbocycles. The maximum absolute atomic E-state index is 8.36. The maximum atomic E-state index is 8.36. The molecule has 2 aliphatic heterocycles. The molecule has 0 bridgehead atoms. The molecule has 4 nitrogen and oxygen atoms in total. The van der Waals surface area contributed by atoms with E-state index in [0.29, 0.717) is 17.6 Å². The SMILES string of the molecule is CC1(C)CCCC2OC21CC12CCCCC1O2.O=CO. The van der Waals surface area contributed by atoms with Crippen molar-refractivity contribution in [1.82, 2.24) is 0 Å². The Morgan fingerprint density at radius 3 is 2.45 bits per heavy atom. The van der Waals surface area contributed by atoms with Gasteiger partial charge in [0, 0.05) is 6.42 Å². The van der Waals surface area contributed by atoms with Crippen LogP contribution in [0.3, 0.4) is 0 Å². The fourth-order valence-corrected chi connectivity index (χ4v) is 4.68. The summed E-state index contributed by atoms with van der Waals surface area (Å²) in [4.78, 5) is 8.36. The van der Waals surface area contributed by atoms with Crippen LogP contribution in [0.1, 0.15) is 65.2 Å². The zero-order valence-corrected chi connectivity index (χ0v) is 12.6. The predicted octanol–water partition coefficient (Wildman–Crippen LogP) is 3.14. The van der Waals surface area contributed by atoms with Crippen molar-refractivity contribution in [2.45, 2.75) is 88.6 Å². The molecule has 114 valence electrons. The summed E-state index contributed by atoms with van der Waals surface area (Å²) in [6.45, 7) is 4.56. The van der Waals surface area contributed by atoms with E-state index in [1.165, 1.54) is 51.4 Å². The molecule has 4 atom stereocenters. The van der Waals surface area contributed by atoms with Crippen LogP contribution in [-0.2, 0) is 14.3 Å². The standard InChI is InChI=1S/C15H24O2.CH2O2/c1-13(2)8-5-7-12-15(13,17-12)10-14-9-4-3-6-11(14)16-14;2-1-3/h11-12H,3-10H2,1-2H3;1H,(H,2,3). The Labute approximate surface area is 120 Å². The van der Waals surface area contributed by atoms with E-state index in [9.17, 15) is 0 Å². The summed E-state index contributed by atoms with van der Waals surface area (Å²) < 4.78 is 12.3. The number of epoxide rings is 2. The van der Waals surface area contributed by atoms with Crippen LogP contribution in [-0.4, -0.2) is 35.0 Å². The maximum Gasteiger partial charge on any atom is 0.290 e. The number of hydrogen-bond donors (Lipinski definition) is 1. The molecule has 4 rings (SSSR count). The highest BCUT2D eigenvalue weighted by Crippen LogP contribution is 2.65. The molecule has 4 unspecified atom stereocenters. The van der Waals surface area contributed by atoms with Crippen LogP contribution in [0.15, 0.2) is 0 Å². The molecule has 0 amide bonds. The predicted molar refractivity (Wildman–Crippen MR) is 74.6 cm³/mol. The van der Waals surface area contributed by atoms with Gasteiger partial charge >= 0.3 is 0 Å². The van der Waals surface area contributed by atoms with Gasteiger partial charge in [0.2, 0.25) is 0 Å². The largest absolute Gasteiger partial charge is 0.483 e. The van der Waals surface area contributed by atoms with Crippen molar-refractivity contribution in [3.8, 4) is 0 Å². The van der Waals surface area contributed by atoms with Gasteiger partial charge in [-0.1, -0.05) is 33.1 Å². The number of rotatable bonds is 2. The number of ether oxygens (including phenoxy) is 2. The van der Waals surface area contributed by atoms with E-state index in [4.69, 9.17) is 19.4 Å². The van der Waals surface area contributed by atoms with E-state index in [1.807, 2.05) is 0 Å². The Morgan fingerprint density at radius 1 is 1.10 bits per heavy atom. The van der Waals surface area contributed by atoms with E-state index < -0.39 is 0 Å². The highest BCUT2D eigenvalue weighted by Gasteiger charge is 2.72. The molecular weight excluding hydrogens is 256 g/mol. The topological polar surface area (TPSA) is 62.4 Å². The summed E-state index contributed by atoms with van der Waals surface area (Å²) >= 11 is 0. The lowest BCUT2D eigenvalue weighted by Crippen LogP contribution is -2.42. The Bertz CT molecular complexity index is 394. The van der Waals surface area contributed by atoms with Crippen molar-refractivity contribution in [2.75, 3.05) is 0 Å². The van der Waals surface area contributed by atoms with Crippen molar-refractivity contribution in [3.63, 3.8) is 0 Å². The van der Waals surface area contributed by atoms with Gasteiger partial charge in [0.15, 0.2) is 0 Å².